The largest absolute Gasteiger partial charge is 0.330 e. The molecular weight excluding hydrogens is 232 g/mol. The van der Waals surface area contributed by atoms with Crippen LogP contribution < -0.4 is 5.73 Å². The molecule has 0 fully saturated rings. The number of ketones is 1. The highest BCUT2D eigenvalue weighted by molar-refractivity contribution is 7.18. The molecule has 0 bridgehead atoms. The summed E-state index contributed by atoms with van der Waals surface area (Å²) in [7, 11) is 0. The van der Waals surface area contributed by atoms with Crippen molar-refractivity contribution in [1.82, 2.24) is 4.98 Å². The fourth-order valence-electron chi connectivity index (χ4n) is 1.64. The van der Waals surface area contributed by atoms with Crippen LogP contribution in [0, 0.1) is 0 Å². The molecule has 2 rings (SSSR count). The quantitative estimate of drug-likeness (QED) is 0.846. The van der Waals surface area contributed by atoms with E-state index in [1.807, 2.05) is 18.2 Å². The van der Waals surface area contributed by atoms with Gasteiger partial charge < -0.3 is 5.73 Å². The van der Waals surface area contributed by atoms with E-state index < -0.39 is 0 Å². The molecular formula is C13H16N2OS. The van der Waals surface area contributed by atoms with Crippen molar-refractivity contribution < 1.29 is 4.79 Å². The van der Waals surface area contributed by atoms with E-state index >= 15 is 0 Å². The molecule has 0 saturated heterocycles. The maximum atomic E-state index is 11.7. The first-order valence-corrected chi connectivity index (χ1v) is 6.57. The molecule has 3 nitrogen and oxygen atoms in total. The molecule has 1 heterocycles. The van der Waals surface area contributed by atoms with Gasteiger partial charge in [0, 0.05) is 17.9 Å². The average molecular weight is 248 g/mol. The van der Waals surface area contributed by atoms with Crippen LogP contribution >= 0.6 is 11.3 Å². The number of rotatable bonds is 4. The monoisotopic (exact) mass is 248 g/mol. The SMILES string of the molecule is CC(C)c1nc2ccc(C(=O)CCN)cc2s1. The van der Waals surface area contributed by atoms with Gasteiger partial charge in [0.15, 0.2) is 5.78 Å². The summed E-state index contributed by atoms with van der Waals surface area (Å²) in [5.74, 6) is 0.532. The maximum Gasteiger partial charge on any atom is 0.164 e. The number of hydrogen-bond acceptors (Lipinski definition) is 4. The van der Waals surface area contributed by atoms with Crippen LogP contribution in [0.15, 0.2) is 18.2 Å². The van der Waals surface area contributed by atoms with E-state index in [0.717, 1.165) is 20.8 Å². The zero-order valence-electron chi connectivity index (χ0n) is 10.1. The third-order valence-corrected chi connectivity index (χ3v) is 3.91. The Kier molecular flexibility index (Phi) is 3.54. The highest BCUT2D eigenvalue weighted by atomic mass is 32.1. The van der Waals surface area contributed by atoms with Crippen LogP contribution in [0.4, 0.5) is 0 Å². The Morgan fingerprint density at radius 2 is 2.24 bits per heavy atom. The Morgan fingerprint density at radius 3 is 2.88 bits per heavy atom. The van der Waals surface area contributed by atoms with Crippen molar-refractivity contribution in [3.8, 4) is 0 Å². The Labute approximate surface area is 105 Å². The first-order valence-electron chi connectivity index (χ1n) is 5.75. The Hall–Kier alpha value is -1.26. The molecule has 0 aliphatic rings. The predicted molar refractivity (Wildman–Crippen MR) is 71.7 cm³/mol. The van der Waals surface area contributed by atoms with Crippen molar-refractivity contribution in [3.63, 3.8) is 0 Å². The number of aromatic nitrogens is 1. The fraction of sp³-hybridized carbons (Fsp3) is 0.385. The smallest absolute Gasteiger partial charge is 0.164 e. The van der Waals surface area contributed by atoms with Crippen molar-refractivity contribution >= 4 is 27.3 Å². The fourth-order valence-corrected chi connectivity index (χ4v) is 2.65. The zero-order chi connectivity index (χ0) is 12.4. The van der Waals surface area contributed by atoms with Crippen LogP contribution in [-0.4, -0.2) is 17.3 Å². The lowest BCUT2D eigenvalue weighted by Crippen LogP contribution is -2.07. The number of carbonyl (C=O) groups excluding carboxylic acids is 1. The van der Waals surface area contributed by atoms with Gasteiger partial charge in [-0.25, -0.2) is 4.98 Å². The molecule has 0 atom stereocenters. The molecule has 2 N–H and O–H groups in total. The Morgan fingerprint density at radius 1 is 1.47 bits per heavy atom. The molecule has 0 saturated carbocycles. The summed E-state index contributed by atoms with van der Waals surface area (Å²) >= 11 is 1.66. The minimum atomic E-state index is 0.105. The van der Waals surface area contributed by atoms with Crippen molar-refractivity contribution in [3.05, 3.63) is 28.8 Å². The molecule has 4 heteroatoms. The second kappa shape index (κ2) is 4.94. The lowest BCUT2D eigenvalue weighted by Gasteiger charge is -1.98. The van der Waals surface area contributed by atoms with Gasteiger partial charge >= 0.3 is 0 Å². The summed E-state index contributed by atoms with van der Waals surface area (Å²) in [6.45, 7) is 4.65. The molecule has 0 aliphatic carbocycles. The summed E-state index contributed by atoms with van der Waals surface area (Å²) in [5, 5.41) is 1.11. The summed E-state index contributed by atoms with van der Waals surface area (Å²) < 4.78 is 1.08. The van der Waals surface area contributed by atoms with Crippen molar-refractivity contribution in [2.75, 3.05) is 6.54 Å². The highest BCUT2D eigenvalue weighted by Gasteiger charge is 2.10. The van der Waals surface area contributed by atoms with Gasteiger partial charge in [0.25, 0.3) is 0 Å². The molecule has 1 aromatic carbocycles. The molecule has 17 heavy (non-hydrogen) atoms. The van der Waals surface area contributed by atoms with Gasteiger partial charge in [-0.2, -0.15) is 0 Å². The number of carbonyl (C=O) groups is 1. The molecule has 90 valence electrons. The molecule has 0 spiro atoms. The van der Waals surface area contributed by atoms with Gasteiger partial charge in [-0.3, -0.25) is 4.79 Å². The van der Waals surface area contributed by atoms with Gasteiger partial charge in [0.1, 0.15) is 0 Å². The predicted octanol–water partition coefficient (Wildman–Crippen LogP) is 2.95. The van der Waals surface area contributed by atoms with Crippen molar-refractivity contribution in [2.24, 2.45) is 5.73 Å². The average Bonchev–Trinajstić information content (AvgIpc) is 2.71. The first-order chi connectivity index (χ1) is 8.11. The Bertz CT molecular complexity index is 545. The zero-order valence-corrected chi connectivity index (χ0v) is 10.9. The van der Waals surface area contributed by atoms with E-state index in [-0.39, 0.29) is 5.78 Å². The van der Waals surface area contributed by atoms with E-state index in [1.54, 1.807) is 11.3 Å². The molecule has 0 unspecified atom stereocenters. The van der Waals surface area contributed by atoms with Gasteiger partial charge in [0.05, 0.1) is 15.2 Å². The number of Topliss-reactive ketones (excluding diaryl/α,β-unsaturated/α-hetero) is 1. The molecule has 0 radical (unpaired) electrons. The second-order valence-electron chi connectivity index (χ2n) is 4.35. The standard InChI is InChI=1S/C13H16N2OS/c1-8(2)13-15-10-4-3-9(7-12(10)17-13)11(16)5-6-14/h3-4,7-8H,5-6,14H2,1-2H3. The molecule has 0 aliphatic heterocycles. The summed E-state index contributed by atoms with van der Waals surface area (Å²) in [6, 6.07) is 5.68. The maximum absolute atomic E-state index is 11.7. The van der Waals surface area contributed by atoms with Crippen LogP contribution in [0.3, 0.4) is 0 Å². The minimum absolute atomic E-state index is 0.105. The lowest BCUT2D eigenvalue weighted by molar-refractivity contribution is 0.0985. The van der Waals surface area contributed by atoms with E-state index in [4.69, 9.17) is 5.73 Å². The van der Waals surface area contributed by atoms with Crippen LogP contribution in [0.2, 0.25) is 0 Å². The summed E-state index contributed by atoms with van der Waals surface area (Å²) in [6.07, 6.45) is 0.404. The number of fused-ring (bicyclic) bond motifs is 1. The van der Waals surface area contributed by atoms with Gasteiger partial charge in [0.2, 0.25) is 0 Å². The van der Waals surface area contributed by atoms with Crippen LogP contribution in [-0.2, 0) is 0 Å². The first kappa shape index (κ1) is 12.2. The van der Waals surface area contributed by atoms with E-state index in [0.29, 0.717) is 18.9 Å². The number of thiazole rings is 1. The Balaban J connectivity index is 2.40. The molecule has 0 amide bonds. The number of nitrogens with two attached hydrogens (primary N) is 1. The van der Waals surface area contributed by atoms with E-state index in [1.165, 1.54) is 0 Å². The minimum Gasteiger partial charge on any atom is -0.330 e. The number of benzene rings is 1. The molecule has 1 aromatic heterocycles. The topological polar surface area (TPSA) is 56.0 Å². The van der Waals surface area contributed by atoms with Crippen LogP contribution in [0.25, 0.3) is 10.2 Å². The van der Waals surface area contributed by atoms with Crippen LogP contribution in [0.1, 0.15) is 41.6 Å². The highest BCUT2D eigenvalue weighted by Crippen LogP contribution is 2.28. The van der Waals surface area contributed by atoms with Crippen molar-refractivity contribution in [1.29, 1.82) is 0 Å². The van der Waals surface area contributed by atoms with Crippen LogP contribution in [0.5, 0.6) is 0 Å². The van der Waals surface area contributed by atoms with Gasteiger partial charge in [-0.05, 0) is 24.7 Å². The normalized spacial score (nSPS) is 11.3. The summed E-state index contributed by atoms with van der Waals surface area (Å²) in [4.78, 5) is 16.3. The summed E-state index contributed by atoms with van der Waals surface area (Å²) in [5.41, 5.74) is 7.11. The molecule has 2 aromatic rings. The third kappa shape index (κ3) is 2.53. The van der Waals surface area contributed by atoms with Gasteiger partial charge in [-0.1, -0.05) is 13.8 Å². The third-order valence-electron chi connectivity index (χ3n) is 2.59. The number of nitrogens with zero attached hydrogens (tertiary/aromatic N) is 1. The van der Waals surface area contributed by atoms with E-state index in [2.05, 4.69) is 18.8 Å². The second-order valence-corrected chi connectivity index (χ2v) is 5.41. The number of hydrogen-bond donors (Lipinski definition) is 1. The lowest BCUT2D eigenvalue weighted by atomic mass is 10.1. The van der Waals surface area contributed by atoms with Crippen molar-refractivity contribution in [2.45, 2.75) is 26.2 Å². The van der Waals surface area contributed by atoms with Gasteiger partial charge in [-0.15, -0.1) is 11.3 Å². The van der Waals surface area contributed by atoms with E-state index in [9.17, 15) is 4.79 Å².